The minimum Gasteiger partial charge on any atom is -0.326 e. The van der Waals surface area contributed by atoms with Crippen LogP contribution in [0.4, 0.5) is 11.5 Å². The molecule has 1 aromatic carbocycles. The van der Waals surface area contributed by atoms with Gasteiger partial charge in [-0.25, -0.2) is 4.98 Å². The summed E-state index contributed by atoms with van der Waals surface area (Å²) in [5.74, 6) is 1.05. The highest BCUT2D eigenvalue weighted by Gasteiger charge is 2.18. The third-order valence-electron chi connectivity index (χ3n) is 3.91. The predicted octanol–water partition coefficient (Wildman–Crippen LogP) is 3.66. The van der Waals surface area contributed by atoms with Gasteiger partial charge in [0, 0.05) is 31.0 Å². The van der Waals surface area contributed by atoms with Gasteiger partial charge in [0.1, 0.15) is 5.82 Å². The van der Waals surface area contributed by atoms with Crippen LogP contribution < -0.4 is 10.2 Å². The summed E-state index contributed by atoms with van der Waals surface area (Å²) in [5.41, 5.74) is 3.97. The molecule has 0 bridgehead atoms. The summed E-state index contributed by atoms with van der Waals surface area (Å²) in [4.78, 5) is 7.00. The maximum absolute atomic E-state index is 4.67. The summed E-state index contributed by atoms with van der Waals surface area (Å²) < 4.78 is 0. The fourth-order valence-corrected chi connectivity index (χ4v) is 2.77. The number of aromatic nitrogens is 1. The molecule has 0 saturated carbocycles. The van der Waals surface area contributed by atoms with Crippen LogP contribution in [0.2, 0.25) is 0 Å². The minimum absolute atomic E-state index is 0.499. The van der Waals surface area contributed by atoms with Crippen molar-refractivity contribution in [3.05, 3.63) is 53.7 Å². The number of benzene rings is 1. The van der Waals surface area contributed by atoms with E-state index in [2.05, 4.69) is 65.4 Å². The van der Waals surface area contributed by atoms with Crippen molar-refractivity contribution in [2.24, 2.45) is 0 Å². The zero-order valence-corrected chi connectivity index (χ0v) is 12.8. The Bertz CT molecular complexity index is 590. The van der Waals surface area contributed by atoms with Crippen molar-refractivity contribution < 1.29 is 0 Å². The van der Waals surface area contributed by atoms with Crippen molar-refractivity contribution in [1.82, 2.24) is 10.3 Å². The Balaban J connectivity index is 1.79. The molecule has 0 radical (unpaired) electrons. The Hall–Kier alpha value is -1.87. The standard InChI is InChI=1S/C18H23N3/c1-14(2)19-12-15-9-10-18(20-13-15)21-11-5-7-16-6-3-4-8-17(16)21/h3-4,6,8-10,13-14,19H,5,7,11-12H2,1-2H3. The maximum atomic E-state index is 4.67. The third-order valence-corrected chi connectivity index (χ3v) is 3.91. The summed E-state index contributed by atoms with van der Waals surface area (Å²) in [6.45, 7) is 6.24. The van der Waals surface area contributed by atoms with Gasteiger partial charge >= 0.3 is 0 Å². The van der Waals surface area contributed by atoms with Gasteiger partial charge in [-0.1, -0.05) is 38.1 Å². The number of anilines is 2. The van der Waals surface area contributed by atoms with Gasteiger partial charge in [0.2, 0.25) is 0 Å². The molecule has 1 N–H and O–H groups in total. The number of pyridine rings is 1. The van der Waals surface area contributed by atoms with Crippen LogP contribution in [0.15, 0.2) is 42.6 Å². The molecule has 110 valence electrons. The smallest absolute Gasteiger partial charge is 0.132 e. The number of rotatable bonds is 4. The van der Waals surface area contributed by atoms with E-state index in [0.717, 1.165) is 18.9 Å². The van der Waals surface area contributed by atoms with Gasteiger partial charge in [-0.15, -0.1) is 0 Å². The molecule has 1 aromatic heterocycles. The highest BCUT2D eigenvalue weighted by molar-refractivity contribution is 5.65. The van der Waals surface area contributed by atoms with Crippen LogP contribution in [-0.2, 0) is 13.0 Å². The Morgan fingerprint density at radius 1 is 1.19 bits per heavy atom. The lowest BCUT2D eigenvalue weighted by molar-refractivity contribution is 0.588. The first-order valence-electron chi connectivity index (χ1n) is 7.78. The maximum Gasteiger partial charge on any atom is 0.132 e. The third kappa shape index (κ3) is 3.24. The number of hydrogen-bond donors (Lipinski definition) is 1. The molecule has 0 spiro atoms. The van der Waals surface area contributed by atoms with Gasteiger partial charge < -0.3 is 10.2 Å². The number of fused-ring (bicyclic) bond motifs is 1. The van der Waals surface area contributed by atoms with Crippen molar-refractivity contribution >= 4 is 11.5 Å². The number of para-hydroxylation sites is 1. The van der Waals surface area contributed by atoms with E-state index in [1.54, 1.807) is 0 Å². The Labute approximate surface area is 127 Å². The lowest BCUT2D eigenvalue weighted by atomic mass is 10.0. The summed E-state index contributed by atoms with van der Waals surface area (Å²) in [6, 6.07) is 13.5. The van der Waals surface area contributed by atoms with E-state index < -0.39 is 0 Å². The van der Waals surface area contributed by atoms with Crippen molar-refractivity contribution in [3.63, 3.8) is 0 Å². The number of hydrogen-bond acceptors (Lipinski definition) is 3. The molecule has 3 nitrogen and oxygen atoms in total. The molecule has 3 heteroatoms. The molecule has 0 saturated heterocycles. The van der Waals surface area contributed by atoms with Crippen molar-refractivity contribution in [2.75, 3.05) is 11.4 Å². The summed E-state index contributed by atoms with van der Waals surface area (Å²) >= 11 is 0. The second kappa shape index (κ2) is 6.27. The first-order valence-corrected chi connectivity index (χ1v) is 7.78. The van der Waals surface area contributed by atoms with Gasteiger partial charge in [0.15, 0.2) is 0 Å². The normalized spacial score (nSPS) is 14.3. The molecule has 1 aliphatic rings. The Kier molecular flexibility index (Phi) is 4.20. The van der Waals surface area contributed by atoms with Crippen LogP contribution in [0.1, 0.15) is 31.4 Å². The van der Waals surface area contributed by atoms with Crippen LogP contribution >= 0.6 is 0 Å². The zero-order chi connectivity index (χ0) is 14.7. The molecule has 0 aliphatic carbocycles. The highest BCUT2D eigenvalue weighted by atomic mass is 15.2. The molecule has 2 heterocycles. The average molecular weight is 281 g/mol. The largest absolute Gasteiger partial charge is 0.326 e. The second-order valence-electron chi connectivity index (χ2n) is 5.94. The first kappa shape index (κ1) is 14.1. The summed E-state index contributed by atoms with van der Waals surface area (Å²) in [5, 5.41) is 3.42. The molecule has 3 rings (SSSR count). The van der Waals surface area contributed by atoms with Crippen LogP contribution in [0.3, 0.4) is 0 Å². The molecule has 0 atom stereocenters. The van der Waals surface area contributed by atoms with E-state index >= 15 is 0 Å². The fourth-order valence-electron chi connectivity index (χ4n) is 2.77. The van der Waals surface area contributed by atoms with E-state index in [9.17, 15) is 0 Å². The lowest BCUT2D eigenvalue weighted by Gasteiger charge is -2.30. The van der Waals surface area contributed by atoms with Crippen LogP contribution in [0.5, 0.6) is 0 Å². The number of nitrogens with one attached hydrogen (secondary N) is 1. The monoisotopic (exact) mass is 281 g/mol. The SMILES string of the molecule is CC(C)NCc1ccc(N2CCCc3ccccc32)nc1. The Morgan fingerprint density at radius 3 is 2.81 bits per heavy atom. The predicted molar refractivity (Wildman–Crippen MR) is 88.0 cm³/mol. The summed E-state index contributed by atoms with van der Waals surface area (Å²) in [6.07, 6.45) is 4.35. The average Bonchev–Trinajstić information content (AvgIpc) is 2.53. The molecular formula is C18H23N3. The van der Waals surface area contributed by atoms with E-state index in [4.69, 9.17) is 0 Å². The molecule has 1 aliphatic heterocycles. The number of nitrogens with zero attached hydrogens (tertiary/aromatic N) is 2. The second-order valence-corrected chi connectivity index (χ2v) is 5.94. The van der Waals surface area contributed by atoms with E-state index in [0.29, 0.717) is 6.04 Å². The lowest BCUT2D eigenvalue weighted by Crippen LogP contribution is -2.25. The van der Waals surface area contributed by atoms with Gasteiger partial charge in [-0.2, -0.15) is 0 Å². The summed E-state index contributed by atoms with van der Waals surface area (Å²) in [7, 11) is 0. The van der Waals surface area contributed by atoms with E-state index in [1.807, 2.05) is 6.20 Å². The molecule has 0 unspecified atom stereocenters. The first-order chi connectivity index (χ1) is 10.2. The molecule has 0 fully saturated rings. The van der Waals surface area contributed by atoms with Crippen molar-refractivity contribution in [1.29, 1.82) is 0 Å². The van der Waals surface area contributed by atoms with Crippen LogP contribution in [0.25, 0.3) is 0 Å². The van der Waals surface area contributed by atoms with E-state index in [1.165, 1.54) is 29.7 Å². The highest BCUT2D eigenvalue weighted by Crippen LogP contribution is 2.31. The minimum atomic E-state index is 0.499. The van der Waals surface area contributed by atoms with Crippen LogP contribution in [-0.4, -0.2) is 17.6 Å². The van der Waals surface area contributed by atoms with E-state index in [-0.39, 0.29) is 0 Å². The molecule has 0 amide bonds. The Morgan fingerprint density at radius 2 is 2.05 bits per heavy atom. The van der Waals surface area contributed by atoms with Gasteiger partial charge in [-0.05, 0) is 36.1 Å². The van der Waals surface area contributed by atoms with Crippen molar-refractivity contribution in [3.8, 4) is 0 Å². The van der Waals surface area contributed by atoms with Gasteiger partial charge in [0.25, 0.3) is 0 Å². The topological polar surface area (TPSA) is 28.2 Å². The molecule has 2 aromatic rings. The molecule has 21 heavy (non-hydrogen) atoms. The van der Waals surface area contributed by atoms with Crippen LogP contribution in [0, 0.1) is 0 Å². The quantitative estimate of drug-likeness (QED) is 0.927. The molecular weight excluding hydrogens is 258 g/mol. The fraction of sp³-hybridized carbons (Fsp3) is 0.389. The van der Waals surface area contributed by atoms with Gasteiger partial charge in [0.05, 0.1) is 0 Å². The zero-order valence-electron chi connectivity index (χ0n) is 12.8. The van der Waals surface area contributed by atoms with Gasteiger partial charge in [-0.3, -0.25) is 0 Å². The van der Waals surface area contributed by atoms with Crippen molar-refractivity contribution in [2.45, 2.75) is 39.3 Å². The number of aryl methyl sites for hydroxylation is 1.